The van der Waals surface area contributed by atoms with Gasteiger partial charge in [-0.2, -0.15) is 17.5 Å². The van der Waals surface area contributed by atoms with E-state index in [2.05, 4.69) is 96.6 Å². The molecule has 0 radical (unpaired) electrons. The Morgan fingerprint density at radius 2 is 1.07 bits per heavy atom. The molecule has 109 heavy (non-hydrogen) atoms. The molecule has 1 aliphatic rings. The van der Waals surface area contributed by atoms with Gasteiger partial charge in [0, 0.05) is 78.0 Å². The number of halogens is 5. The summed E-state index contributed by atoms with van der Waals surface area (Å²) >= 11 is 11.9. The van der Waals surface area contributed by atoms with Gasteiger partial charge in [-0.1, -0.05) is 199 Å². The Morgan fingerprint density at radius 3 is 1.61 bits per heavy atom. The Labute approximate surface area is 651 Å². The van der Waals surface area contributed by atoms with Crippen molar-refractivity contribution in [3.63, 3.8) is 0 Å². The number of aryl methyl sites for hydroxylation is 7. The number of hydrogen-bond donors (Lipinski definition) is 4. The molecule has 1 heterocycles. The lowest BCUT2D eigenvalue weighted by molar-refractivity contribution is -0.137. The van der Waals surface area contributed by atoms with Crippen LogP contribution in [0.25, 0.3) is 0 Å². The average Bonchev–Trinajstić information content (AvgIpc) is 1.25. The summed E-state index contributed by atoms with van der Waals surface area (Å²) in [5.41, 5.74) is 13.9. The number of methoxy groups -OCH3 is 1. The summed E-state index contributed by atoms with van der Waals surface area (Å²) in [5, 5.41) is 26.4. The van der Waals surface area contributed by atoms with Gasteiger partial charge in [-0.25, -0.2) is 13.2 Å². The smallest absolute Gasteiger partial charge is 0.416 e. The highest BCUT2D eigenvalue weighted by atomic mass is 35.5. The highest BCUT2D eigenvalue weighted by Crippen LogP contribution is 2.33. The standard InChI is InChI=1S/C29H32F3NO2.C27H28N2O5S.C18H19Cl2NO.C14H23NO2/c1-21-7-9-23(10-8-21)6-4-3-5-15-33(19-24-11-13-26(14-12-24)28(34)35)20-25-16-22(2)17-27(18-25)29(30,31)32;1-18-15-19(2)25(20(3)16-18)35(32,33)28(17-21-9-11-22(34-4)12-10-21)13-14-29-26(30)23-7-5-6-8-24(23)27(29)31;1-12(13(2)22)16-6-3-14(4-7-16)10-21-11-15-5-8-17(19)18(20)9-15;1-4-16-14(17-5-2)11-15-10-13-8-6-12(3)7-9-13/h7-14,16-18H,3-6,15,19-20H2,1-2H3,(H,34,35);5-12,15-16H,13-14,17H2,1-4H3;3-9,12,21-22H,2,10-11H2,1H3;6-9,14-15H,4-5,10-11H2,1-3H3. The number of hydrogen-bond acceptors (Lipinski definition) is 12. The van der Waals surface area contributed by atoms with E-state index in [0.717, 1.165) is 91.1 Å². The van der Waals surface area contributed by atoms with Gasteiger partial charge in [0.15, 0.2) is 6.29 Å². The maximum absolute atomic E-state index is 13.9. The van der Waals surface area contributed by atoms with Crippen molar-refractivity contribution in [3.05, 3.63) is 317 Å². The van der Waals surface area contributed by atoms with Gasteiger partial charge in [-0.05, 0) is 197 Å². The van der Waals surface area contributed by atoms with Gasteiger partial charge in [0.2, 0.25) is 10.0 Å². The van der Waals surface area contributed by atoms with Crippen LogP contribution in [-0.4, -0.2) is 103 Å². The minimum atomic E-state index is -4.38. The molecular weight excluding hydrogens is 1450 g/mol. The third-order valence-electron chi connectivity index (χ3n) is 18.3. The molecule has 1 unspecified atom stereocenters. The molecule has 21 heteroatoms. The minimum absolute atomic E-state index is 0.0351. The van der Waals surface area contributed by atoms with Crippen molar-refractivity contribution >= 4 is 51.0 Å². The fourth-order valence-electron chi connectivity index (χ4n) is 12.5. The first-order chi connectivity index (χ1) is 52.0. The van der Waals surface area contributed by atoms with Crippen LogP contribution >= 0.6 is 23.2 Å². The van der Waals surface area contributed by atoms with Crippen molar-refractivity contribution in [2.45, 2.75) is 151 Å². The number of carbonyl (C=O) groups is 3. The number of carbonyl (C=O) groups excluding carboxylic acids is 2. The number of allylic oxidation sites excluding steroid dienone is 1. The van der Waals surface area contributed by atoms with Crippen LogP contribution in [0.2, 0.25) is 10.0 Å². The van der Waals surface area contributed by atoms with Gasteiger partial charge in [-0.15, -0.1) is 0 Å². The van der Waals surface area contributed by atoms with E-state index in [4.69, 9.17) is 42.5 Å². The number of benzene rings is 9. The van der Waals surface area contributed by atoms with E-state index >= 15 is 0 Å². The number of imide groups is 1. The van der Waals surface area contributed by atoms with E-state index in [9.17, 15) is 41.1 Å². The average molecular weight is 1550 g/mol. The molecule has 0 bridgehead atoms. The summed E-state index contributed by atoms with van der Waals surface area (Å²) in [6.45, 7) is 26.9. The molecule has 1 atom stereocenters. The molecule has 0 fully saturated rings. The molecule has 9 aromatic carbocycles. The van der Waals surface area contributed by atoms with Crippen LogP contribution in [0.4, 0.5) is 13.2 Å². The van der Waals surface area contributed by atoms with Crippen LogP contribution in [0, 0.1) is 41.5 Å². The summed E-state index contributed by atoms with van der Waals surface area (Å²) in [6, 6.07) is 59.1. The van der Waals surface area contributed by atoms with Gasteiger partial charge in [-0.3, -0.25) is 19.4 Å². The summed E-state index contributed by atoms with van der Waals surface area (Å²) in [4.78, 5) is 40.3. The SMILES string of the molecule is C=C(O)C(C)c1ccc(CNCc2ccc(Cl)c(Cl)c2)cc1.CCOC(CNCc1ccc(C)cc1)OCC.COc1ccc(CN(CCN2C(=O)c3ccccc3C2=O)S(=O)(=O)c2c(C)cc(C)cc2C)cc1.Cc1ccc(CCCCCN(Cc2ccc(C(=O)O)cc2)Cc2cc(C)cc(C(F)(F)F)c2)cc1. The molecule has 10 rings (SSSR count). The lowest BCUT2D eigenvalue weighted by Gasteiger charge is -2.26. The number of aromatic carboxylic acids is 1. The summed E-state index contributed by atoms with van der Waals surface area (Å²) in [6.07, 6.45) is -0.526. The first-order valence-electron chi connectivity index (χ1n) is 36.5. The fourth-order valence-corrected chi connectivity index (χ4v) is 14.6. The summed E-state index contributed by atoms with van der Waals surface area (Å²) in [5.74, 6) is -0.991. The number of unbranched alkanes of at least 4 members (excludes halogenated alkanes) is 2. The monoisotopic (exact) mass is 1550 g/mol. The fraction of sp³-hybridized carbons (Fsp3) is 0.330. The van der Waals surface area contributed by atoms with Crippen LogP contribution in [0.15, 0.2) is 211 Å². The second-order valence-corrected chi connectivity index (χ2v) is 29.9. The Morgan fingerprint density at radius 1 is 0.569 bits per heavy atom. The van der Waals surface area contributed by atoms with Crippen molar-refractivity contribution in [2.24, 2.45) is 0 Å². The predicted octanol–water partition coefficient (Wildman–Crippen LogP) is 19.5. The molecule has 4 N–H and O–H groups in total. The molecule has 0 aromatic heterocycles. The number of fused-ring (bicyclic) bond motifs is 1. The number of aliphatic hydroxyl groups excluding tert-OH is 1. The number of sulfonamides is 1. The van der Waals surface area contributed by atoms with Crippen LogP contribution < -0.4 is 15.4 Å². The minimum Gasteiger partial charge on any atom is -0.512 e. The number of carboxylic acids is 1. The topological polar surface area (TPSA) is 187 Å². The maximum atomic E-state index is 13.9. The highest BCUT2D eigenvalue weighted by molar-refractivity contribution is 7.89. The zero-order valence-electron chi connectivity index (χ0n) is 64.0. The van der Waals surface area contributed by atoms with Crippen LogP contribution in [0.1, 0.15) is 160 Å². The number of ether oxygens (including phenoxy) is 3. The van der Waals surface area contributed by atoms with E-state index < -0.39 is 39.5 Å². The molecule has 1 aliphatic heterocycles. The van der Waals surface area contributed by atoms with Crippen molar-refractivity contribution in [2.75, 3.05) is 46.5 Å². The zero-order valence-corrected chi connectivity index (χ0v) is 66.3. The van der Waals surface area contributed by atoms with Crippen LogP contribution in [0.3, 0.4) is 0 Å². The second-order valence-electron chi connectivity index (χ2n) is 27.2. The van der Waals surface area contributed by atoms with Crippen molar-refractivity contribution < 1.29 is 60.4 Å². The number of nitrogens with zero attached hydrogens (tertiary/aromatic N) is 3. The number of nitrogens with one attached hydrogen (secondary N) is 2. The van der Waals surface area contributed by atoms with E-state index in [-0.39, 0.29) is 48.1 Å². The first kappa shape index (κ1) is 87.2. The van der Waals surface area contributed by atoms with Gasteiger partial charge in [0.05, 0.1) is 50.1 Å². The van der Waals surface area contributed by atoms with E-state index in [0.29, 0.717) is 75.5 Å². The highest BCUT2D eigenvalue weighted by Gasteiger charge is 2.37. The van der Waals surface area contributed by atoms with Gasteiger partial charge < -0.3 is 35.1 Å². The lowest BCUT2D eigenvalue weighted by Crippen LogP contribution is -2.41. The lowest BCUT2D eigenvalue weighted by atomic mass is 9.98. The molecule has 0 saturated heterocycles. The largest absolute Gasteiger partial charge is 0.512 e. The quantitative estimate of drug-likeness (QED) is 0.0132. The van der Waals surface area contributed by atoms with Gasteiger partial charge in [0.1, 0.15) is 5.75 Å². The van der Waals surface area contributed by atoms with E-state index in [1.54, 1.807) is 113 Å². The van der Waals surface area contributed by atoms with Gasteiger partial charge >= 0.3 is 12.1 Å². The first-order valence-corrected chi connectivity index (χ1v) is 38.7. The Bertz CT molecular complexity index is 4480. The number of carboxylic acid groups (broad SMARTS) is 1. The number of amides is 2. The van der Waals surface area contributed by atoms with Crippen molar-refractivity contribution in [3.8, 4) is 5.75 Å². The number of rotatable bonds is 33. The molecule has 2 amide bonds. The molecule has 15 nitrogen and oxygen atoms in total. The van der Waals surface area contributed by atoms with Crippen molar-refractivity contribution in [1.82, 2.24) is 24.7 Å². The van der Waals surface area contributed by atoms with E-state index in [1.807, 2.05) is 64.1 Å². The Kier molecular flexibility index (Phi) is 34.3. The number of alkyl halides is 3. The molecule has 0 saturated carbocycles. The third-order valence-corrected chi connectivity index (χ3v) is 21.2. The van der Waals surface area contributed by atoms with Crippen LogP contribution in [-0.2, 0) is 71.4 Å². The third kappa shape index (κ3) is 27.5. The van der Waals surface area contributed by atoms with Crippen molar-refractivity contribution in [1.29, 1.82) is 0 Å². The zero-order chi connectivity index (χ0) is 79.4. The van der Waals surface area contributed by atoms with E-state index in [1.165, 1.54) is 44.3 Å². The number of aliphatic hydroxyl groups is 1. The predicted molar refractivity (Wildman–Crippen MR) is 429 cm³/mol. The molecular formula is C88H102Cl2F3N5O10S. The molecule has 9 aromatic rings. The van der Waals surface area contributed by atoms with Gasteiger partial charge in [0.25, 0.3) is 11.8 Å². The molecule has 580 valence electrons. The maximum Gasteiger partial charge on any atom is 0.416 e. The summed E-state index contributed by atoms with van der Waals surface area (Å²) in [7, 11) is -2.37. The second kappa shape index (κ2) is 42.8. The summed E-state index contributed by atoms with van der Waals surface area (Å²) < 4.78 is 85.2. The molecule has 0 aliphatic carbocycles. The van der Waals surface area contributed by atoms with Crippen LogP contribution in [0.5, 0.6) is 5.75 Å². The normalized spacial score (nSPS) is 12.3. The molecule has 0 spiro atoms. The Hall–Kier alpha value is -8.99. The Balaban J connectivity index is 0.000000210.